The smallest absolute Gasteiger partial charge is 0.189 e. The van der Waals surface area contributed by atoms with Crippen LogP contribution in [0.3, 0.4) is 0 Å². The molecule has 1 aliphatic rings. The van der Waals surface area contributed by atoms with Crippen molar-refractivity contribution < 1.29 is 19.7 Å². The first-order valence-corrected chi connectivity index (χ1v) is 4.06. The topological polar surface area (TPSA) is 58.9 Å². The Kier molecular flexibility index (Phi) is 2.21. The fourth-order valence-corrected chi connectivity index (χ4v) is 1.13. The molecule has 1 saturated heterocycles. The molecule has 0 bridgehead atoms. The van der Waals surface area contributed by atoms with Crippen LogP contribution >= 0.6 is 0 Å². The predicted molar refractivity (Wildman–Crippen MR) is 42.3 cm³/mol. The Bertz CT molecular complexity index is 156. The summed E-state index contributed by atoms with van der Waals surface area (Å²) in [6.07, 6.45) is -1.08. The Balaban J connectivity index is 2.76. The lowest BCUT2D eigenvalue weighted by atomic mass is 10.1. The molecule has 0 saturated carbocycles. The third-order valence-electron chi connectivity index (χ3n) is 2.34. The molecule has 0 aromatic heterocycles. The van der Waals surface area contributed by atoms with Crippen molar-refractivity contribution in [3.63, 3.8) is 0 Å². The van der Waals surface area contributed by atoms with Crippen LogP contribution in [0.2, 0.25) is 0 Å². The van der Waals surface area contributed by atoms with Crippen LogP contribution in [0.4, 0.5) is 0 Å². The van der Waals surface area contributed by atoms with Gasteiger partial charge < -0.3 is 19.7 Å². The molecular formula is C8H16O4. The van der Waals surface area contributed by atoms with E-state index in [4.69, 9.17) is 9.47 Å². The van der Waals surface area contributed by atoms with Crippen molar-refractivity contribution in [2.24, 2.45) is 0 Å². The second-order valence-electron chi connectivity index (χ2n) is 3.63. The Morgan fingerprint density at radius 3 is 1.42 bits per heavy atom. The molecule has 0 amide bonds. The summed E-state index contributed by atoms with van der Waals surface area (Å²) in [5, 5.41) is 19.2. The van der Waals surface area contributed by atoms with Gasteiger partial charge in [-0.15, -0.1) is 0 Å². The third-order valence-corrected chi connectivity index (χ3v) is 2.34. The van der Waals surface area contributed by atoms with Gasteiger partial charge in [-0.1, -0.05) is 0 Å². The lowest BCUT2D eigenvalue weighted by Crippen LogP contribution is -2.59. The fourth-order valence-electron chi connectivity index (χ4n) is 1.13. The number of rotatable bonds is 0. The molecule has 4 heteroatoms. The molecule has 1 aliphatic heterocycles. The maximum atomic E-state index is 9.59. The van der Waals surface area contributed by atoms with E-state index in [2.05, 4.69) is 0 Å². The monoisotopic (exact) mass is 176 g/mol. The fraction of sp³-hybridized carbons (Fsp3) is 1.00. The van der Waals surface area contributed by atoms with E-state index in [0.717, 1.165) is 0 Å². The first-order chi connectivity index (χ1) is 5.26. The average molecular weight is 176 g/mol. The number of aliphatic hydroxyl groups is 2. The van der Waals surface area contributed by atoms with Crippen LogP contribution in [0.15, 0.2) is 0 Å². The quantitative estimate of drug-likeness (QED) is 0.554. The molecule has 1 fully saturated rings. The summed E-state index contributed by atoms with van der Waals surface area (Å²) in [6.45, 7) is 6.34. The molecule has 0 spiro atoms. The van der Waals surface area contributed by atoms with Crippen LogP contribution in [0, 0.1) is 0 Å². The zero-order chi connectivity index (χ0) is 9.57. The summed E-state index contributed by atoms with van der Waals surface area (Å²) >= 11 is 0. The lowest BCUT2D eigenvalue weighted by molar-refractivity contribution is -0.406. The number of hydrogen-bond acceptors (Lipinski definition) is 4. The van der Waals surface area contributed by atoms with Gasteiger partial charge in [0.05, 0.1) is 0 Å². The van der Waals surface area contributed by atoms with Gasteiger partial charge in [0.15, 0.2) is 11.6 Å². The highest BCUT2D eigenvalue weighted by atomic mass is 16.7. The van der Waals surface area contributed by atoms with Crippen LogP contribution in [-0.4, -0.2) is 34.0 Å². The van der Waals surface area contributed by atoms with Crippen molar-refractivity contribution in [1.29, 1.82) is 0 Å². The standard InChI is InChI=1S/C8H16O4/c1-5-7(3,9)12-6(2)8(4,10)11-5/h5-6,9-10H,1-4H3/t5-,6-,7-,8-/m1/s1. The van der Waals surface area contributed by atoms with Crippen molar-refractivity contribution in [3.05, 3.63) is 0 Å². The molecule has 4 nitrogen and oxygen atoms in total. The van der Waals surface area contributed by atoms with Gasteiger partial charge >= 0.3 is 0 Å². The summed E-state index contributed by atoms with van der Waals surface area (Å²) in [4.78, 5) is 0. The lowest BCUT2D eigenvalue weighted by Gasteiger charge is -2.46. The van der Waals surface area contributed by atoms with Crippen LogP contribution in [0.25, 0.3) is 0 Å². The van der Waals surface area contributed by atoms with E-state index in [-0.39, 0.29) is 0 Å². The zero-order valence-corrected chi connectivity index (χ0v) is 7.87. The molecule has 0 aromatic rings. The van der Waals surface area contributed by atoms with Gasteiger partial charge in [0, 0.05) is 0 Å². The van der Waals surface area contributed by atoms with Gasteiger partial charge in [-0.3, -0.25) is 0 Å². The molecular weight excluding hydrogens is 160 g/mol. The summed E-state index contributed by atoms with van der Waals surface area (Å²) in [5.74, 6) is -2.64. The molecule has 2 N–H and O–H groups in total. The highest BCUT2D eigenvalue weighted by Crippen LogP contribution is 2.31. The molecule has 0 aromatic carbocycles. The van der Waals surface area contributed by atoms with Gasteiger partial charge in [-0.2, -0.15) is 0 Å². The second-order valence-corrected chi connectivity index (χ2v) is 3.63. The van der Waals surface area contributed by atoms with E-state index in [1.165, 1.54) is 13.8 Å². The van der Waals surface area contributed by atoms with Gasteiger partial charge in [-0.25, -0.2) is 0 Å². The van der Waals surface area contributed by atoms with Crippen LogP contribution in [-0.2, 0) is 9.47 Å². The molecule has 12 heavy (non-hydrogen) atoms. The Morgan fingerprint density at radius 2 is 1.17 bits per heavy atom. The van der Waals surface area contributed by atoms with E-state index in [1.54, 1.807) is 13.8 Å². The Labute approximate surface area is 72.1 Å². The predicted octanol–water partition coefficient (Wildman–Crippen LogP) is 0.227. The Hall–Kier alpha value is -0.160. The van der Waals surface area contributed by atoms with Crippen molar-refractivity contribution in [3.8, 4) is 0 Å². The van der Waals surface area contributed by atoms with E-state index in [9.17, 15) is 10.2 Å². The molecule has 4 atom stereocenters. The van der Waals surface area contributed by atoms with E-state index >= 15 is 0 Å². The van der Waals surface area contributed by atoms with Gasteiger partial charge in [0.1, 0.15) is 12.2 Å². The van der Waals surface area contributed by atoms with Crippen LogP contribution in [0.1, 0.15) is 27.7 Å². The highest BCUT2D eigenvalue weighted by molar-refractivity contribution is 4.83. The molecule has 0 unspecified atom stereocenters. The maximum Gasteiger partial charge on any atom is 0.189 e. The van der Waals surface area contributed by atoms with Gasteiger partial charge in [0.25, 0.3) is 0 Å². The van der Waals surface area contributed by atoms with Crippen molar-refractivity contribution in [2.45, 2.75) is 51.5 Å². The van der Waals surface area contributed by atoms with E-state index in [1.807, 2.05) is 0 Å². The SMILES string of the molecule is C[C@H]1O[C@@](C)(O)[C@@H](C)O[C@@]1(C)O. The molecule has 0 radical (unpaired) electrons. The summed E-state index contributed by atoms with van der Waals surface area (Å²) in [6, 6.07) is 0. The molecule has 72 valence electrons. The van der Waals surface area contributed by atoms with Crippen LogP contribution in [0.5, 0.6) is 0 Å². The average Bonchev–Trinajstić information content (AvgIpc) is 1.82. The van der Waals surface area contributed by atoms with E-state index in [0.29, 0.717) is 0 Å². The molecule has 1 rings (SSSR count). The van der Waals surface area contributed by atoms with Gasteiger partial charge in [0.2, 0.25) is 0 Å². The molecule has 1 heterocycles. The minimum absolute atomic E-state index is 0.538. The first kappa shape index (κ1) is 9.92. The van der Waals surface area contributed by atoms with Crippen molar-refractivity contribution >= 4 is 0 Å². The highest BCUT2D eigenvalue weighted by Gasteiger charge is 2.47. The summed E-state index contributed by atoms with van der Waals surface area (Å²) in [5.41, 5.74) is 0. The summed E-state index contributed by atoms with van der Waals surface area (Å²) in [7, 11) is 0. The first-order valence-electron chi connectivity index (χ1n) is 4.06. The minimum atomic E-state index is -1.32. The largest absolute Gasteiger partial charge is 0.364 e. The summed E-state index contributed by atoms with van der Waals surface area (Å²) < 4.78 is 10.4. The number of ether oxygens (including phenoxy) is 2. The third kappa shape index (κ3) is 1.61. The van der Waals surface area contributed by atoms with E-state index < -0.39 is 23.8 Å². The van der Waals surface area contributed by atoms with Gasteiger partial charge in [-0.05, 0) is 27.7 Å². The maximum absolute atomic E-state index is 9.59. The van der Waals surface area contributed by atoms with Crippen molar-refractivity contribution in [2.75, 3.05) is 0 Å². The zero-order valence-electron chi connectivity index (χ0n) is 7.87. The second kappa shape index (κ2) is 2.67. The molecule has 0 aliphatic carbocycles. The van der Waals surface area contributed by atoms with Crippen molar-refractivity contribution in [1.82, 2.24) is 0 Å². The van der Waals surface area contributed by atoms with Crippen LogP contribution < -0.4 is 0 Å². The normalized spacial score (nSPS) is 55.5. The minimum Gasteiger partial charge on any atom is -0.364 e. The Morgan fingerprint density at radius 1 is 0.917 bits per heavy atom. The number of hydrogen-bond donors (Lipinski definition) is 2.